The molecule has 0 saturated heterocycles. The Balaban J connectivity index is 2.19. The molecule has 7 heteroatoms. The molecule has 0 aliphatic rings. The molecule has 0 aliphatic heterocycles. The summed E-state index contributed by atoms with van der Waals surface area (Å²) in [5, 5.41) is 12.5. The van der Waals surface area contributed by atoms with E-state index in [1.165, 1.54) is 0 Å². The summed E-state index contributed by atoms with van der Waals surface area (Å²) in [6, 6.07) is 15.7. The highest BCUT2D eigenvalue weighted by molar-refractivity contribution is 7.42. The monoisotopic (exact) mass is 438 g/mol. The van der Waals surface area contributed by atoms with E-state index in [4.69, 9.17) is 11.1 Å². The van der Waals surface area contributed by atoms with Crippen molar-refractivity contribution in [3.8, 4) is 5.69 Å². The third kappa shape index (κ3) is 4.70. The number of fused-ring (bicyclic) bond motifs is 1. The normalized spacial score (nSPS) is 12.4. The van der Waals surface area contributed by atoms with Crippen molar-refractivity contribution in [2.24, 2.45) is 5.73 Å². The van der Waals surface area contributed by atoms with Crippen LogP contribution in [0.2, 0.25) is 0 Å². The van der Waals surface area contributed by atoms with E-state index in [0.29, 0.717) is 17.1 Å². The summed E-state index contributed by atoms with van der Waals surface area (Å²) in [4.78, 5) is 13.6. The maximum Gasteiger partial charge on any atom is 0.263 e. The van der Waals surface area contributed by atoms with Gasteiger partial charge < -0.3 is 11.1 Å². The van der Waals surface area contributed by atoms with Crippen molar-refractivity contribution in [1.82, 2.24) is 9.88 Å². The zero-order valence-corrected chi connectivity index (χ0v) is 19.1. The number of nitrogens with zero attached hydrogens (tertiary/aromatic N) is 1. The van der Waals surface area contributed by atoms with Crippen LogP contribution in [0.5, 0.6) is 0 Å². The second-order valence-corrected chi connectivity index (χ2v) is 8.62. The second kappa shape index (κ2) is 9.88. The Kier molecular flexibility index (Phi) is 7.24. The van der Waals surface area contributed by atoms with Crippen molar-refractivity contribution >= 4 is 25.2 Å². The molecule has 1 heterocycles. The van der Waals surface area contributed by atoms with Crippen LogP contribution in [0.4, 0.5) is 4.39 Å². The number of para-hydroxylation sites is 1. The summed E-state index contributed by atoms with van der Waals surface area (Å²) in [5.41, 5.74) is 10.6. The number of nitrogens with one attached hydrogen (secondary N) is 2. The van der Waals surface area contributed by atoms with Crippen LogP contribution >= 0.6 is 8.58 Å². The molecule has 4 N–H and O–H groups in total. The first kappa shape index (κ1) is 22.7. The van der Waals surface area contributed by atoms with Crippen molar-refractivity contribution < 1.29 is 4.39 Å². The summed E-state index contributed by atoms with van der Waals surface area (Å²) >= 11 is 0. The molecular weight excluding hydrogens is 410 g/mol. The van der Waals surface area contributed by atoms with Crippen LogP contribution in [0.1, 0.15) is 23.2 Å². The van der Waals surface area contributed by atoms with Crippen LogP contribution < -0.4 is 16.6 Å². The van der Waals surface area contributed by atoms with Gasteiger partial charge in [-0.2, -0.15) is 0 Å². The van der Waals surface area contributed by atoms with Gasteiger partial charge in [0.25, 0.3) is 5.56 Å². The van der Waals surface area contributed by atoms with Gasteiger partial charge in [0.1, 0.15) is 5.84 Å². The first-order valence-electron chi connectivity index (χ1n) is 10.1. The first-order chi connectivity index (χ1) is 14.9. The Labute approximate surface area is 183 Å². The summed E-state index contributed by atoms with van der Waals surface area (Å²) in [7, 11) is 1.96. The summed E-state index contributed by atoms with van der Waals surface area (Å²) in [5.74, 6) is -0.125. The van der Waals surface area contributed by atoms with Gasteiger partial charge in [0.05, 0.1) is 17.7 Å². The lowest BCUT2D eigenvalue weighted by atomic mass is 10.1. The van der Waals surface area contributed by atoms with Crippen molar-refractivity contribution in [3.63, 3.8) is 0 Å². The van der Waals surface area contributed by atoms with E-state index < -0.39 is 6.67 Å². The number of aromatic nitrogens is 1. The molecule has 3 rings (SSSR count). The zero-order valence-electron chi connectivity index (χ0n) is 18.1. The summed E-state index contributed by atoms with van der Waals surface area (Å²) in [6.07, 6.45) is 0.659. The molecule has 162 valence electrons. The van der Waals surface area contributed by atoms with E-state index in [0.717, 1.165) is 33.3 Å². The minimum Gasteiger partial charge on any atom is -0.388 e. The number of nitrogens with two attached hydrogens (primary N) is 1. The lowest BCUT2D eigenvalue weighted by molar-refractivity contribution is 0.496. The molecule has 3 aromatic rings. The summed E-state index contributed by atoms with van der Waals surface area (Å²) < 4.78 is 14.8. The van der Waals surface area contributed by atoms with Gasteiger partial charge in [-0.15, -0.1) is 0 Å². The Hall–Kier alpha value is -2.98. The lowest BCUT2D eigenvalue weighted by Gasteiger charge is -2.19. The van der Waals surface area contributed by atoms with Gasteiger partial charge in [0.2, 0.25) is 0 Å². The molecule has 1 aromatic heterocycles. The highest BCUT2D eigenvalue weighted by Crippen LogP contribution is 2.32. The van der Waals surface area contributed by atoms with Crippen molar-refractivity contribution in [2.45, 2.75) is 26.4 Å². The average Bonchev–Trinajstić information content (AvgIpc) is 2.74. The van der Waals surface area contributed by atoms with Crippen LogP contribution in [-0.2, 0) is 6.16 Å². The Bertz CT molecular complexity index is 1220. The fourth-order valence-corrected chi connectivity index (χ4v) is 5.08. The highest BCUT2D eigenvalue weighted by Gasteiger charge is 2.16. The molecule has 0 bridgehead atoms. The van der Waals surface area contributed by atoms with Gasteiger partial charge in [-0.25, -0.2) is 0 Å². The molecule has 2 aromatic carbocycles. The van der Waals surface area contributed by atoms with Crippen LogP contribution in [-0.4, -0.2) is 24.1 Å². The van der Waals surface area contributed by atoms with Gasteiger partial charge >= 0.3 is 0 Å². The molecule has 0 amide bonds. The molecule has 31 heavy (non-hydrogen) atoms. The smallest absolute Gasteiger partial charge is 0.263 e. The van der Waals surface area contributed by atoms with E-state index in [-0.39, 0.29) is 26.4 Å². The van der Waals surface area contributed by atoms with E-state index in [2.05, 4.69) is 11.4 Å². The molecule has 0 saturated carbocycles. The largest absolute Gasteiger partial charge is 0.388 e. The quantitative estimate of drug-likeness (QED) is 0.275. The Morgan fingerprint density at radius 1 is 1.16 bits per heavy atom. The Morgan fingerprint density at radius 2 is 1.87 bits per heavy atom. The number of halogens is 1. The van der Waals surface area contributed by atoms with Crippen LogP contribution in [0, 0.1) is 19.3 Å². The first-order valence-corrected chi connectivity index (χ1v) is 11.3. The number of benzene rings is 2. The van der Waals surface area contributed by atoms with E-state index in [1.54, 1.807) is 11.6 Å². The third-order valence-corrected chi connectivity index (χ3v) is 6.80. The van der Waals surface area contributed by atoms with Crippen molar-refractivity contribution in [2.75, 3.05) is 13.7 Å². The van der Waals surface area contributed by atoms with Crippen LogP contribution in [0.25, 0.3) is 16.5 Å². The van der Waals surface area contributed by atoms with Gasteiger partial charge in [0, 0.05) is 36.3 Å². The maximum absolute atomic E-state index is 13.6. The number of aryl methyl sites for hydroxylation is 2. The average molecular weight is 438 g/mol. The number of hydrogen-bond donors (Lipinski definition) is 3. The van der Waals surface area contributed by atoms with E-state index >= 15 is 0 Å². The minimum absolute atomic E-state index is 0.0461. The van der Waals surface area contributed by atoms with Crippen molar-refractivity contribution in [3.05, 3.63) is 86.7 Å². The number of amidine groups is 1. The Morgan fingerprint density at radius 3 is 2.52 bits per heavy atom. The SMILES string of the molecule is CN/C(PCc1cc2cccc(C)c2c(=O)n1-c1ccccc1C)=C(/CCF)C(=N)N. The molecule has 1 unspecified atom stereocenters. The van der Waals surface area contributed by atoms with Crippen LogP contribution in [0.3, 0.4) is 0 Å². The second-order valence-electron chi connectivity index (χ2n) is 7.41. The van der Waals surface area contributed by atoms with Gasteiger partial charge in [-0.3, -0.25) is 19.2 Å². The number of rotatable bonds is 8. The highest BCUT2D eigenvalue weighted by atomic mass is 31.1. The number of alkyl halides is 1. The maximum atomic E-state index is 13.6. The lowest BCUT2D eigenvalue weighted by Crippen LogP contribution is -2.23. The molecule has 1 atom stereocenters. The number of hydrogen-bond acceptors (Lipinski definition) is 3. The topological polar surface area (TPSA) is 83.9 Å². The predicted molar refractivity (Wildman–Crippen MR) is 130 cm³/mol. The van der Waals surface area contributed by atoms with Gasteiger partial charge in [-0.05, 0) is 42.5 Å². The zero-order chi connectivity index (χ0) is 22.5. The third-order valence-electron chi connectivity index (χ3n) is 5.36. The molecule has 0 fully saturated rings. The summed E-state index contributed by atoms with van der Waals surface area (Å²) in [6.45, 7) is 3.36. The minimum atomic E-state index is -0.576. The fourth-order valence-electron chi connectivity index (χ4n) is 3.81. The standard InChI is InChI=1S/C24H28FN4OP/c1-15-7-4-5-10-20(15)29-18(13-17-9-6-8-16(2)21(17)24(29)30)14-31-23(28-3)19(11-12-25)22(26)27/h4-10,13,28,31H,11-12,14H2,1-3H3,(H3,26,27)/b23-19+. The van der Waals surface area contributed by atoms with Gasteiger partial charge in [-0.1, -0.05) is 45.0 Å². The van der Waals surface area contributed by atoms with Gasteiger partial charge in [0.15, 0.2) is 0 Å². The molecule has 0 aliphatic carbocycles. The van der Waals surface area contributed by atoms with Crippen LogP contribution in [0.15, 0.2) is 64.3 Å². The predicted octanol–water partition coefficient (Wildman–Crippen LogP) is 4.51. The van der Waals surface area contributed by atoms with Crippen molar-refractivity contribution in [1.29, 1.82) is 5.41 Å². The van der Waals surface area contributed by atoms with E-state index in [9.17, 15) is 9.18 Å². The van der Waals surface area contributed by atoms with E-state index in [1.807, 2.05) is 56.3 Å². The molecule has 0 spiro atoms. The molecule has 5 nitrogen and oxygen atoms in total. The number of pyridine rings is 1. The molecule has 0 radical (unpaired) electrons. The fraction of sp³-hybridized carbons (Fsp3) is 0.250. The molecular formula is C24H28FN4OP.